The van der Waals surface area contributed by atoms with Gasteiger partial charge in [-0.2, -0.15) is 13.2 Å². The molecule has 2 saturated heterocycles. The first-order chi connectivity index (χ1) is 10.3. The number of piperidine rings is 1. The van der Waals surface area contributed by atoms with E-state index in [-0.39, 0.29) is 23.9 Å². The van der Waals surface area contributed by atoms with Crippen LogP contribution < -0.4 is 11.1 Å². The summed E-state index contributed by atoms with van der Waals surface area (Å²) in [5.74, 6) is 0. The lowest BCUT2D eigenvalue weighted by molar-refractivity contribution is -0.132. The molecule has 8 heteroatoms. The average Bonchev–Trinajstić information content (AvgIpc) is 2.41. The lowest BCUT2D eigenvalue weighted by Crippen LogP contribution is -2.53. The van der Waals surface area contributed by atoms with Crippen LogP contribution in [0, 0.1) is 5.41 Å². The van der Waals surface area contributed by atoms with Crippen LogP contribution in [0.15, 0.2) is 11.9 Å². The number of nitrogens with two attached hydrogens (primary N) is 1. The van der Waals surface area contributed by atoms with Crippen molar-refractivity contribution in [2.75, 3.05) is 26.3 Å². The Kier molecular flexibility index (Phi) is 5.69. The van der Waals surface area contributed by atoms with Gasteiger partial charge in [-0.15, -0.1) is 0 Å². The highest BCUT2D eigenvalue weighted by Crippen LogP contribution is 2.22. The highest BCUT2D eigenvalue weighted by Gasteiger charge is 2.29. The standard InChI is InChI=1S/C14H23F3N4O/c15-14(16,17)4-1-12(18)13(19)7-20-10-2-5-21(6-3-10)11-8-22-9-11/h7,10-11,18,20H,1-6,8-9,19H2/b13-7+,18-12?. The van der Waals surface area contributed by atoms with Crippen LogP contribution in [0.4, 0.5) is 13.2 Å². The number of hydrogen-bond acceptors (Lipinski definition) is 5. The summed E-state index contributed by atoms with van der Waals surface area (Å²) in [6, 6.07) is 0.795. The van der Waals surface area contributed by atoms with Gasteiger partial charge >= 0.3 is 6.18 Å². The summed E-state index contributed by atoms with van der Waals surface area (Å²) in [6.45, 7) is 3.57. The topological polar surface area (TPSA) is 74.4 Å². The maximum absolute atomic E-state index is 12.1. The zero-order valence-electron chi connectivity index (χ0n) is 12.5. The van der Waals surface area contributed by atoms with Gasteiger partial charge in [-0.1, -0.05) is 0 Å². The second kappa shape index (κ2) is 7.32. The van der Waals surface area contributed by atoms with Gasteiger partial charge in [-0.05, 0) is 19.3 Å². The molecule has 4 N–H and O–H groups in total. The van der Waals surface area contributed by atoms with Crippen molar-refractivity contribution in [1.29, 1.82) is 5.41 Å². The molecule has 0 saturated carbocycles. The molecule has 0 unspecified atom stereocenters. The highest BCUT2D eigenvalue weighted by molar-refractivity contribution is 5.96. The first-order valence-electron chi connectivity index (χ1n) is 7.53. The van der Waals surface area contributed by atoms with E-state index in [0.717, 1.165) is 39.1 Å². The number of nitrogens with one attached hydrogen (secondary N) is 2. The van der Waals surface area contributed by atoms with Gasteiger partial charge in [-0.3, -0.25) is 4.90 Å². The highest BCUT2D eigenvalue weighted by atomic mass is 19.4. The van der Waals surface area contributed by atoms with Crippen molar-refractivity contribution in [3.8, 4) is 0 Å². The maximum atomic E-state index is 12.1. The van der Waals surface area contributed by atoms with E-state index < -0.39 is 12.6 Å². The van der Waals surface area contributed by atoms with E-state index in [1.54, 1.807) is 0 Å². The van der Waals surface area contributed by atoms with Crippen molar-refractivity contribution in [2.24, 2.45) is 5.73 Å². The van der Waals surface area contributed by atoms with Crippen molar-refractivity contribution in [3.63, 3.8) is 0 Å². The molecular formula is C14H23F3N4O. The summed E-state index contributed by atoms with van der Waals surface area (Å²) < 4.78 is 41.5. The number of nitrogens with zero attached hydrogens (tertiary/aromatic N) is 1. The van der Waals surface area contributed by atoms with E-state index in [1.807, 2.05) is 0 Å². The Morgan fingerprint density at radius 3 is 2.45 bits per heavy atom. The molecule has 2 aliphatic heterocycles. The molecule has 2 rings (SSSR count). The molecule has 0 aromatic carbocycles. The quantitative estimate of drug-likeness (QED) is 0.650. The Hall–Kier alpha value is -1.28. The molecular weight excluding hydrogens is 297 g/mol. The molecule has 5 nitrogen and oxygen atoms in total. The summed E-state index contributed by atoms with van der Waals surface area (Å²) >= 11 is 0. The van der Waals surface area contributed by atoms with E-state index in [1.165, 1.54) is 6.20 Å². The van der Waals surface area contributed by atoms with Crippen molar-refractivity contribution in [2.45, 2.75) is 43.9 Å². The lowest BCUT2D eigenvalue weighted by atomic mass is 10.0. The van der Waals surface area contributed by atoms with Gasteiger partial charge in [0.15, 0.2) is 0 Å². The van der Waals surface area contributed by atoms with Gasteiger partial charge in [0.2, 0.25) is 0 Å². The van der Waals surface area contributed by atoms with Crippen molar-refractivity contribution in [3.05, 3.63) is 11.9 Å². The van der Waals surface area contributed by atoms with Crippen LogP contribution in [-0.4, -0.2) is 55.2 Å². The molecule has 0 aromatic heterocycles. The summed E-state index contributed by atoms with van der Waals surface area (Å²) in [5, 5.41) is 10.7. The third kappa shape index (κ3) is 5.17. The van der Waals surface area contributed by atoms with Crippen LogP contribution in [0.5, 0.6) is 0 Å². The van der Waals surface area contributed by atoms with Gasteiger partial charge in [0.25, 0.3) is 0 Å². The zero-order chi connectivity index (χ0) is 16.2. The SMILES string of the molecule is N=C(CCC(F)(F)F)/C(N)=C\NC1CCN(C2COC2)CC1. The van der Waals surface area contributed by atoms with Crippen molar-refractivity contribution in [1.82, 2.24) is 10.2 Å². The number of hydrogen-bond donors (Lipinski definition) is 3. The van der Waals surface area contributed by atoms with Crippen LogP contribution in [-0.2, 0) is 4.74 Å². The molecule has 0 atom stereocenters. The van der Waals surface area contributed by atoms with Crippen LogP contribution in [0.25, 0.3) is 0 Å². The van der Waals surface area contributed by atoms with E-state index in [9.17, 15) is 13.2 Å². The fraction of sp³-hybridized carbons (Fsp3) is 0.786. The van der Waals surface area contributed by atoms with Gasteiger partial charge in [0.05, 0.1) is 30.7 Å². The largest absolute Gasteiger partial charge is 0.396 e. The zero-order valence-corrected chi connectivity index (χ0v) is 12.5. The first kappa shape index (κ1) is 17.1. The predicted octanol–water partition coefficient (Wildman–Crippen LogP) is 1.60. The number of halogens is 3. The Bertz CT molecular complexity index is 413. The molecule has 2 aliphatic rings. The van der Waals surface area contributed by atoms with E-state index >= 15 is 0 Å². The smallest absolute Gasteiger partial charge is 0.389 e. The monoisotopic (exact) mass is 320 g/mol. The van der Waals surface area contributed by atoms with Crippen LogP contribution in [0.3, 0.4) is 0 Å². The maximum Gasteiger partial charge on any atom is 0.389 e. The van der Waals surface area contributed by atoms with Crippen LogP contribution in [0.1, 0.15) is 25.7 Å². The molecule has 0 bridgehead atoms. The van der Waals surface area contributed by atoms with E-state index in [0.29, 0.717) is 6.04 Å². The summed E-state index contributed by atoms with van der Waals surface area (Å²) in [5.41, 5.74) is 5.56. The minimum absolute atomic E-state index is 0.0825. The van der Waals surface area contributed by atoms with E-state index in [4.69, 9.17) is 15.9 Å². The van der Waals surface area contributed by atoms with Crippen LogP contribution >= 0.6 is 0 Å². The average molecular weight is 320 g/mol. The number of ether oxygens (including phenoxy) is 1. The fourth-order valence-electron chi connectivity index (χ4n) is 2.57. The lowest BCUT2D eigenvalue weighted by Gasteiger charge is -2.41. The Morgan fingerprint density at radius 2 is 1.95 bits per heavy atom. The summed E-state index contributed by atoms with van der Waals surface area (Å²) in [6.07, 6.45) is -2.26. The molecule has 0 aliphatic carbocycles. The Balaban J connectivity index is 1.68. The van der Waals surface area contributed by atoms with Gasteiger partial charge in [0, 0.05) is 31.8 Å². The Morgan fingerprint density at radius 1 is 1.32 bits per heavy atom. The Labute approximate surface area is 128 Å². The number of allylic oxidation sites excluding steroid dienone is 1. The molecule has 0 spiro atoms. The van der Waals surface area contributed by atoms with Gasteiger partial charge in [0.1, 0.15) is 0 Å². The molecule has 0 radical (unpaired) electrons. The second-order valence-corrected chi connectivity index (χ2v) is 5.86. The third-order valence-corrected chi connectivity index (χ3v) is 4.15. The number of likely N-dealkylation sites (tertiary alicyclic amines) is 1. The summed E-state index contributed by atoms with van der Waals surface area (Å²) in [4.78, 5) is 2.40. The second-order valence-electron chi connectivity index (χ2n) is 5.86. The van der Waals surface area contributed by atoms with Crippen LogP contribution in [0.2, 0.25) is 0 Å². The first-order valence-corrected chi connectivity index (χ1v) is 7.53. The molecule has 0 amide bonds. The molecule has 0 aromatic rings. The van der Waals surface area contributed by atoms with E-state index in [2.05, 4.69) is 10.2 Å². The van der Waals surface area contributed by atoms with Crippen molar-refractivity contribution < 1.29 is 17.9 Å². The minimum atomic E-state index is -4.25. The van der Waals surface area contributed by atoms with Gasteiger partial charge in [-0.25, -0.2) is 0 Å². The number of alkyl halides is 3. The molecule has 2 fully saturated rings. The minimum Gasteiger partial charge on any atom is -0.396 e. The van der Waals surface area contributed by atoms with Gasteiger partial charge < -0.3 is 21.2 Å². The molecule has 126 valence electrons. The fourth-order valence-corrected chi connectivity index (χ4v) is 2.57. The molecule has 2 heterocycles. The predicted molar refractivity (Wildman–Crippen MR) is 77.6 cm³/mol. The summed E-state index contributed by atoms with van der Waals surface area (Å²) in [7, 11) is 0. The third-order valence-electron chi connectivity index (χ3n) is 4.15. The molecule has 22 heavy (non-hydrogen) atoms. The number of rotatable bonds is 6. The normalized spacial score (nSPS) is 22.4. The van der Waals surface area contributed by atoms with Crippen molar-refractivity contribution >= 4 is 5.71 Å².